The van der Waals surface area contributed by atoms with Crippen LogP contribution in [0.4, 0.5) is 0 Å². The molecule has 0 N–H and O–H groups in total. The van der Waals surface area contributed by atoms with E-state index in [0.29, 0.717) is 6.04 Å². The van der Waals surface area contributed by atoms with Gasteiger partial charge in [0.25, 0.3) is 0 Å². The van der Waals surface area contributed by atoms with Crippen molar-refractivity contribution in [1.82, 2.24) is 4.90 Å². The molecule has 2 heteroatoms. The molecule has 0 saturated carbocycles. The fraction of sp³-hybridized carbons (Fsp3) is 0.286. The van der Waals surface area contributed by atoms with E-state index in [4.69, 9.17) is 0 Å². The molecule has 2 aliphatic carbocycles. The van der Waals surface area contributed by atoms with Gasteiger partial charge < -0.3 is 4.90 Å². The van der Waals surface area contributed by atoms with E-state index in [0.717, 1.165) is 5.57 Å². The second kappa shape index (κ2) is 7.87. The summed E-state index contributed by atoms with van der Waals surface area (Å²) in [5.41, 5.74) is 16.9. The largest absolute Gasteiger partial charge is 2.00 e. The standard InChI is InChI=1S/C9H10N.C5.Fe/c1-8(10(2)3)9-6-4-5-7-9;1-2-4-5-3-1;/h8H,1-3H3;;/q2*-1;+2/t8-;;/m1../s1. The van der Waals surface area contributed by atoms with Gasteiger partial charge >= 0.3 is 17.1 Å². The van der Waals surface area contributed by atoms with Crippen LogP contribution >= 0.6 is 0 Å². The number of nitrogens with zero attached hydrogens (tertiary/aromatic N) is 1. The predicted molar refractivity (Wildman–Crippen MR) is 57.5 cm³/mol. The zero-order valence-corrected chi connectivity index (χ0v) is 10.5. The fourth-order valence-corrected chi connectivity index (χ4v) is 0.852. The van der Waals surface area contributed by atoms with E-state index in [2.05, 4.69) is 64.4 Å². The average Bonchev–Trinajstić information content (AvgIpc) is 2.92. The second-order valence-electron chi connectivity index (χ2n) is 3.18. The van der Waals surface area contributed by atoms with Crippen molar-refractivity contribution in [3.63, 3.8) is 0 Å². The summed E-state index contributed by atoms with van der Waals surface area (Å²) in [5.74, 6) is 0. The molecule has 0 bridgehead atoms. The maximum atomic E-state index is 2.94. The molecule has 1 atom stereocenters. The van der Waals surface area contributed by atoms with Gasteiger partial charge in [-0.1, -0.05) is 0 Å². The topological polar surface area (TPSA) is 3.24 Å². The summed E-state index contributed by atoms with van der Waals surface area (Å²) in [6.07, 6.45) is 7.94. The third-order valence-corrected chi connectivity index (χ3v) is 1.96. The van der Waals surface area contributed by atoms with Crippen LogP contribution in [0, 0.1) is 18.2 Å². The van der Waals surface area contributed by atoms with Crippen molar-refractivity contribution in [2.24, 2.45) is 0 Å². The molecule has 0 unspecified atom stereocenters. The van der Waals surface area contributed by atoms with Crippen LogP contribution < -0.4 is 0 Å². The average molecular weight is 248 g/mol. The molecule has 0 spiro atoms. The Balaban J connectivity index is 0.000000318. The predicted octanol–water partition coefficient (Wildman–Crippen LogP) is 1.77. The molecule has 0 fully saturated rings. The summed E-state index contributed by atoms with van der Waals surface area (Å²) in [6.45, 7) is 2.10. The molecule has 0 aromatic heterocycles. The van der Waals surface area contributed by atoms with Crippen LogP contribution in [0.5, 0.6) is 0 Å². The monoisotopic (exact) mass is 248 g/mol. The number of hydrogen-bond acceptors (Lipinski definition) is 1. The third-order valence-electron chi connectivity index (χ3n) is 1.96. The van der Waals surface area contributed by atoms with Gasteiger partial charge in [-0.15, -0.1) is 23.8 Å². The van der Waals surface area contributed by atoms with Gasteiger partial charge in [0.05, 0.1) is 0 Å². The van der Waals surface area contributed by atoms with E-state index in [1.165, 1.54) is 0 Å². The summed E-state index contributed by atoms with van der Waals surface area (Å²) >= 11 is 0. The maximum Gasteiger partial charge on any atom is 2.00 e. The van der Waals surface area contributed by atoms with Gasteiger partial charge in [-0.25, -0.2) is 11.5 Å². The van der Waals surface area contributed by atoms with Crippen LogP contribution in [0.1, 0.15) is 6.92 Å². The second-order valence-corrected chi connectivity index (χ2v) is 3.18. The van der Waals surface area contributed by atoms with E-state index in [-0.39, 0.29) is 17.1 Å². The Bertz CT molecular complexity index is 485. The van der Waals surface area contributed by atoms with Gasteiger partial charge in [0, 0.05) is 6.04 Å². The molecule has 2 aliphatic rings. The molecular weight excluding hydrogens is 238 g/mol. The van der Waals surface area contributed by atoms with Crippen LogP contribution in [-0.4, -0.2) is 25.0 Å². The Hall–Kier alpha value is -1.36. The van der Waals surface area contributed by atoms with Gasteiger partial charge in [0.2, 0.25) is 0 Å². The summed E-state index contributed by atoms with van der Waals surface area (Å²) in [7, 11) is 4.05. The molecule has 0 saturated heterocycles. The molecular formula is C14H10FeN. The van der Waals surface area contributed by atoms with Crippen LogP contribution in [0.25, 0.3) is 0 Å². The van der Waals surface area contributed by atoms with Gasteiger partial charge in [-0.2, -0.15) is 0 Å². The first-order valence-electron chi connectivity index (χ1n) is 4.52. The first-order valence-corrected chi connectivity index (χ1v) is 4.52. The molecule has 1 nitrogen and oxygen atoms in total. The minimum Gasteiger partial charge on any atom is -0.304 e. The van der Waals surface area contributed by atoms with Crippen molar-refractivity contribution in [2.75, 3.05) is 14.1 Å². The molecule has 79 valence electrons. The molecule has 0 aliphatic heterocycles. The van der Waals surface area contributed by atoms with Crippen molar-refractivity contribution in [2.45, 2.75) is 13.0 Å². The van der Waals surface area contributed by atoms with Crippen molar-refractivity contribution in [3.8, 4) is 0 Å². The van der Waals surface area contributed by atoms with E-state index >= 15 is 0 Å². The van der Waals surface area contributed by atoms with Crippen molar-refractivity contribution in [3.05, 3.63) is 58.2 Å². The Morgan fingerprint density at radius 1 is 1.12 bits per heavy atom. The number of likely N-dealkylation sites (N-methyl/N-ethyl adjacent to an activating group) is 1. The zero-order chi connectivity index (χ0) is 11.1. The zero-order valence-electron chi connectivity index (χ0n) is 9.38. The molecule has 0 aromatic carbocycles. The molecule has 2 rings (SSSR count). The fourth-order valence-electron chi connectivity index (χ4n) is 0.852. The minimum atomic E-state index is 0. The Labute approximate surface area is 107 Å². The smallest absolute Gasteiger partial charge is 0.304 e. The van der Waals surface area contributed by atoms with E-state index < -0.39 is 0 Å². The summed E-state index contributed by atoms with van der Waals surface area (Å²) in [5, 5.41) is 0. The molecule has 0 aromatic rings. The first kappa shape index (κ1) is 14.6. The number of hydrogen-bond donors (Lipinski definition) is 0. The van der Waals surface area contributed by atoms with Crippen LogP contribution in [0.2, 0.25) is 0 Å². The van der Waals surface area contributed by atoms with E-state index in [9.17, 15) is 0 Å². The third kappa shape index (κ3) is 4.93. The van der Waals surface area contributed by atoms with Gasteiger partial charge in [0.1, 0.15) is 0 Å². The van der Waals surface area contributed by atoms with Crippen LogP contribution in [0.3, 0.4) is 0 Å². The SMILES string of the molecule is C[C@H](C1=C=C=C=[C-]1)N(C)C.[C]1=C=C=C=[C-]1.[Fe+2]. The number of allylic oxidation sites excluding steroid dienone is 2. The van der Waals surface area contributed by atoms with Crippen molar-refractivity contribution >= 4 is 0 Å². The summed E-state index contributed by atoms with van der Waals surface area (Å²) in [6, 6.07) is 0.363. The van der Waals surface area contributed by atoms with Gasteiger partial charge in [0.15, 0.2) is 0 Å². The van der Waals surface area contributed by atoms with Gasteiger partial charge in [-0.05, 0) is 21.0 Å². The molecule has 16 heavy (non-hydrogen) atoms. The molecule has 0 amide bonds. The minimum absolute atomic E-state index is 0. The maximum absolute atomic E-state index is 2.94. The Kier molecular flexibility index (Phi) is 7.20. The summed E-state index contributed by atoms with van der Waals surface area (Å²) < 4.78 is 0. The quantitative estimate of drug-likeness (QED) is 0.409. The Morgan fingerprint density at radius 2 is 1.88 bits per heavy atom. The van der Waals surface area contributed by atoms with Crippen molar-refractivity contribution < 1.29 is 17.1 Å². The molecule has 0 heterocycles. The molecule has 1 radical (unpaired) electrons. The number of rotatable bonds is 2. The van der Waals surface area contributed by atoms with Gasteiger partial charge in [-0.3, -0.25) is 22.9 Å². The van der Waals surface area contributed by atoms with E-state index in [1.54, 1.807) is 0 Å². The van der Waals surface area contributed by atoms with Crippen LogP contribution in [0.15, 0.2) is 40.0 Å². The van der Waals surface area contributed by atoms with Crippen molar-refractivity contribution in [1.29, 1.82) is 0 Å². The first-order chi connectivity index (χ1) is 7.22. The Morgan fingerprint density at radius 3 is 2.19 bits per heavy atom. The normalized spacial score (nSPS) is 13.9. The van der Waals surface area contributed by atoms with E-state index in [1.807, 2.05) is 14.1 Å². The van der Waals surface area contributed by atoms with Crippen LogP contribution in [-0.2, 0) is 17.1 Å². The summed E-state index contributed by atoms with van der Waals surface area (Å²) in [4.78, 5) is 2.10.